The van der Waals surface area contributed by atoms with E-state index in [1.807, 2.05) is 0 Å². The molecule has 1 saturated carbocycles. The summed E-state index contributed by atoms with van der Waals surface area (Å²) >= 11 is 0. The molecular formula is C16H29NO6. The predicted octanol–water partition coefficient (Wildman–Crippen LogP) is 2.87. The van der Waals surface area contributed by atoms with E-state index < -0.39 is 23.6 Å². The second kappa shape index (κ2) is 10.9. The first-order valence-electron chi connectivity index (χ1n) is 8.02. The number of aliphatic carboxylic acids is 1. The number of nitrogens with one attached hydrogen (secondary N) is 1. The number of carbonyl (C=O) groups is 3. The minimum Gasteiger partial charge on any atom is -0.481 e. The van der Waals surface area contributed by atoms with E-state index in [4.69, 9.17) is 14.6 Å². The fourth-order valence-electron chi connectivity index (χ4n) is 1.87. The van der Waals surface area contributed by atoms with E-state index in [9.17, 15) is 14.4 Å². The zero-order valence-corrected chi connectivity index (χ0v) is 14.5. The number of hydrogen-bond acceptors (Lipinski definition) is 5. The Morgan fingerprint density at radius 1 is 1.13 bits per heavy atom. The third kappa shape index (κ3) is 13.6. The molecule has 1 aliphatic carbocycles. The van der Waals surface area contributed by atoms with Crippen LogP contribution in [0.5, 0.6) is 0 Å². The summed E-state index contributed by atoms with van der Waals surface area (Å²) in [5.74, 6) is -1.14. The first-order chi connectivity index (χ1) is 10.6. The van der Waals surface area contributed by atoms with Crippen LogP contribution in [0.1, 0.15) is 66.2 Å². The summed E-state index contributed by atoms with van der Waals surface area (Å²) in [4.78, 5) is 32.2. The first-order valence-corrected chi connectivity index (χ1v) is 8.02. The normalized spacial score (nSPS) is 15.0. The van der Waals surface area contributed by atoms with Crippen LogP contribution in [0.15, 0.2) is 0 Å². The number of esters is 1. The number of amides is 1. The van der Waals surface area contributed by atoms with Crippen LogP contribution in [0.25, 0.3) is 0 Å². The van der Waals surface area contributed by atoms with Crippen molar-refractivity contribution in [2.75, 3.05) is 6.54 Å². The molecule has 7 heteroatoms. The van der Waals surface area contributed by atoms with Crippen LogP contribution < -0.4 is 5.32 Å². The summed E-state index contributed by atoms with van der Waals surface area (Å²) in [6.45, 7) is 6.78. The summed E-state index contributed by atoms with van der Waals surface area (Å²) in [5, 5.41) is 10.1. The molecule has 0 aromatic heterocycles. The average Bonchev–Trinajstić information content (AvgIpc) is 2.45. The Bertz CT molecular complexity index is 383. The molecule has 0 heterocycles. The van der Waals surface area contributed by atoms with Crippen LogP contribution in [0.4, 0.5) is 4.79 Å². The zero-order chi connectivity index (χ0) is 17.9. The summed E-state index contributed by atoms with van der Waals surface area (Å²) < 4.78 is 10.3. The lowest BCUT2D eigenvalue weighted by atomic mass is 9.98. The highest BCUT2D eigenvalue weighted by molar-refractivity contribution is 5.78. The van der Waals surface area contributed by atoms with Crippen LogP contribution in [0.3, 0.4) is 0 Å². The zero-order valence-electron chi connectivity index (χ0n) is 14.5. The third-order valence-corrected chi connectivity index (χ3v) is 2.93. The Labute approximate surface area is 137 Å². The van der Waals surface area contributed by atoms with Crippen molar-refractivity contribution in [2.24, 2.45) is 0 Å². The molecule has 0 spiro atoms. The van der Waals surface area contributed by atoms with Gasteiger partial charge in [0.2, 0.25) is 0 Å². The lowest BCUT2D eigenvalue weighted by Gasteiger charge is -2.22. The van der Waals surface area contributed by atoms with Gasteiger partial charge in [-0.2, -0.15) is 0 Å². The molecule has 0 radical (unpaired) electrons. The summed E-state index contributed by atoms with van der Waals surface area (Å²) in [5.41, 5.74) is -0.558. The van der Waals surface area contributed by atoms with Crippen LogP contribution in [0.2, 0.25) is 0 Å². The number of alkyl carbamates (subject to hydrolysis) is 1. The highest BCUT2D eigenvalue weighted by Crippen LogP contribution is 2.20. The highest BCUT2D eigenvalue weighted by atomic mass is 16.6. The fraction of sp³-hybridized carbons (Fsp3) is 0.812. The molecule has 0 aromatic rings. The van der Waals surface area contributed by atoms with Gasteiger partial charge in [-0.25, -0.2) is 4.79 Å². The Hall–Kier alpha value is -1.79. The molecule has 1 aliphatic rings. The number of rotatable bonds is 4. The topological polar surface area (TPSA) is 102 Å². The number of carbonyl (C=O) groups excluding carboxylic acids is 2. The van der Waals surface area contributed by atoms with Gasteiger partial charge >= 0.3 is 18.0 Å². The molecule has 1 rings (SSSR count). The van der Waals surface area contributed by atoms with Gasteiger partial charge in [0.05, 0.1) is 0 Å². The summed E-state index contributed by atoms with van der Waals surface area (Å²) in [7, 11) is 0. The second-order valence-electron chi connectivity index (χ2n) is 6.35. The second-order valence-corrected chi connectivity index (χ2v) is 6.35. The number of ether oxygens (including phenoxy) is 2. The molecule has 1 amide bonds. The summed E-state index contributed by atoms with van der Waals surface area (Å²) in [6, 6.07) is 0. The summed E-state index contributed by atoms with van der Waals surface area (Å²) in [6.07, 6.45) is 4.94. The van der Waals surface area contributed by atoms with Crippen molar-refractivity contribution in [2.45, 2.75) is 77.9 Å². The molecule has 0 bridgehead atoms. The number of hydrogen-bond donors (Lipinski definition) is 2. The first kappa shape index (κ1) is 21.2. The monoisotopic (exact) mass is 331 g/mol. The maximum atomic E-state index is 11.5. The van der Waals surface area contributed by atoms with Crippen molar-refractivity contribution >= 4 is 18.0 Å². The Kier molecular flexibility index (Phi) is 10.0. The van der Waals surface area contributed by atoms with Gasteiger partial charge in [0.1, 0.15) is 18.2 Å². The standard InChI is InChI=1S/C13H23NO4.C3H6O2/c1-13(2,3)18-12(16)14-9-11(15)17-10-7-5-4-6-8-10;1-2-3(4)5/h10H,4-9H2,1-3H3,(H,14,16);2H2,1H3,(H,4,5). The molecule has 1 fully saturated rings. The van der Waals surface area contributed by atoms with Gasteiger partial charge in [0.15, 0.2) is 0 Å². The van der Waals surface area contributed by atoms with Gasteiger partial charge < -0.3 is 19.9 Å². The van der Waals surface area contributed by atoms with Crippen molar-refractivity contribution in [1.82, 2.24) is 5.32 Å². The lowest BCUT2D eigenvalue weighted by Crippen LogP contribution is -2.37. The van der Waals surface area contributed by atoms with E-state index in [0.717, 1.165) is 25.7 Å². The molecule has 0 aromatic carbocycles. The molecule has 2 N–H and O–H groups in total. The molecule has 0 unspecified atom stereocenters. The molecular weight excluding hydrogens is 302 g/mol. The van der Waals surface area contributed by atoms with Crippen molar-refractivity contribution in [3.05, 3.63) is 0 Å². The highest BCUT2D eigenvalue weighted by Gasteiger charge is 2.20. The van der Waals surface area contributed by atoms with Gasteiger partial charge in [-0.1, -0.05) is 13.3 Å². The van der Waals surface area contributed by atoms with E-state index in [0.29, 0.717) is 0 Å². The van der Waals surface area contributed by atoms with Crippen molar-refractivity contribution in [3.63, 3.8) is 0 Å². The molecule has 0 saturated heterocycles. The molecule has 7 nitrogen and oxygen atoms in total. The van der Waals surface area contributed by atoms with E-state index in [2.05, 4.69) is 5.32 Å². The van der Waals surface area contributed by atoms with Crippen LogP contribution in [-0.4, -0.2) is 41.4 Å². The van der Waals surface area contributed by atoms with E-state index in [-0.39, 0.29) is 19.1 Å². The number of carboxylic acid groups (broad SMARTS) is 1. The van der Waals surface area contributed by atoms with E-state index >= 15 is 0 Å². The van der Waals surface area contributed by atoms with E-state index in [1.165, 1.54) is 6.42 Å². The minimum absolute atomic E-state index is 0.0201. The van der Waals surface area contributed by atoms with Crippen LogP contribution in [-0.2, 0) is 19.1 Å². The lowest BCUT2D eigenvalue weighted by molar-refractivity contribution is -0.149. The van der Waals surface area contributed by atoms with Crippen molar-refractivity contribution < 1.29 is 29.0 Å². The minimum atomic E-state index is -0.745. The fourth-order valence-corrected chi connectivity index (χ4v) is 1.87. The van der Waals surface area contributed by atoms with Gasteiger partial charge in [-0.05, 0) is 46.5 Å². The Morgan fingerprint density at radius 3 is 2.09 bits per heavy atom. The predicted molar refractivity (Wildman–Crippen MR) is 85.1 cm³/mol. The van der Waals surface area contributed by atoms with E-state index in [1.54, 1.807) is 27.7 Å². The van der Waals surface area contributed by atoms with Crippen molar-refractivity contribution in [1.29, 1.82) is 0 Å². The van der Waals surface area contributed by atoms with Gasteiger partial charge in [0, 0.05) is 6.42 Å². The SMILES string of the molecule is CC(C)(C)OC(=O)NCC(=O)OC1CCCCC1.CCC(=O)O. The Balaban J connectivity index is 0.000000841. The number of carboxylic acids is 1. The maximum Gasteiger partial charge on any atom is 0.408 e. The van der Waals surface area contributed by atoms with Crippen molar-refractivity contribution in [3.8, 4) is 0 Å². The quantitative estimate of drug-likeness (QED) is 0.768. The molecule has 134 valence electrons. The largest absolute Gasteiger partial charge is 0.481 e. The van der Waals surface area contributed by atoms with Gasteiger partial charge in [-0.15, -0.1) is 0 Å². The van der Waals surface area contributed by atoms with Gasteiger partial charge in [0.25, 0.3) is 0 Å². The average molecular weight is 331 g/mol. The van der Waals surface area contributed by atoms with Crippen LogP contribution in [0, 0.1) is 0 Å². The molecule has 0 atom stereocenters. The third-order valence-electron chi connectivity index (χ3n) is 2.93. The van der Waals surface area contributed by atoms with Crippen LogP contribution >= 0.6 is 0 Å². The maximum absolute atomic E-state index is 11.5. The molecule has 23 heavy (non-hydrogen) atoms. The smallest absolute Gasteiger partial charge is 0.408 e. The Morgan fingerprint density at radius 2 is 1.65 bits per heavy atom. The molecule has 0 aliphatic heterocycles. The van der Waals surface area contributed by atoms with Gasteiger partial charge in [-0.3, -0.25) is 9.59 Å².